The molecule has 0 radical (unpaired) electrons. The summed E-state index contributed by atoms with van der Waals surface area (Å²) in [5, 5.41) is 0. The summed E-state index contributed by atoms with van der Waals surface area (Å²) < 4.78 is 5.47. The molecule has 4 nitrogen and oxygen atoms in total. The van der Waals surface area contributed by atoms with Crippen LogP contribution in [0.15, 0.2) is 41.1 Å². The van der Waals surface area contributed by atoms with Crippen molar-refractivity contribution in [3.63, 3.8) is 0 Å². The summed E-state index contributed by atoms with van der Waals surface area (Å²) in [5.41, 5.74) is 0.871. The highest BCUT2D eigenvalue weighted by molar-refractivity contribution is 6.51. The molecule has 16 heavy (non-hydrogen) atoms. The minimum atomic E-state index is -0.281. The smallest absolute Gasteiger partial charge is 0.192 e. The molecule has 0 N–H and O–H groups in total. The van der Waals surface area contributed by atoms with Crippen LogP contribution in [-0.2, 0) is 9.59 Å². The van der Waals surface area contributed by atoms with Gasteiger partial charge in [-0.1, -0.05) is 12.1 Å². The van der Waals surface area contributed by atoms with E-state index in [0.717, 1.165) is 0 Å². The van der Waals surface area contributed by atoms with E-state index in [2.05, 4.69) is 4.99 Å². The largest absolute Gasteiger partial charge is 0.453 e. The predicted molar refractivity (Wildman–Crippen MR) is 56.9 cm³/mol. The number of benzene rings is 1. The molecule has 1 aromatic rings. The van der Waals surface area contributed by atoms with Crippen LogP contribution in [0, 0.1) is 0 Å². The van der Waals surface area contributed by atoms with E-state index in [0.29, 0.717) is 11.4 Å². The number of hydrogen-bond acceptors (Lipinski definition) is 4. The fraction of sp³-hybridized carbons (Fsp3) is 0.0833. The van der Waals surface area contributed by atoms with Gasteiger partial charge < -0.3 is 4.74 Å². The van der Waals surface area contributed by atoms with Crippen LogP contribution in [-0.4, -0.2) is 17.3 Å². The molecule has 2 aliphatic rings. The molecular formula is C12H7NO3. The number of para-hydroxylation sites is 2. The van der Waals surface area contributed by atoms with Crippen molar-refractivity contribution in [2.24, 2.45) is 4.99 Å². The summed E-state index contributed by atoms with van der Waals surface area (Å²) in [7, 11) is 0. The lowest BCUT2D eigenvalue weighted by Gasteiger charge is -2.20. The van der Waals surface area contributed by atoms with E-state index in [-0.39, 0.29) is 29.5 Å². The van der Waals surface area contributed by atoms with E-state index < -0.39 is 0 Å². The van der Waals surface area contributed by atoms with Gasteiger partial charge in [-0.15, -0.1) is 0 Å². The maximum atomic E-state index is 11.6. The Bertz CT molecular complexity index is 569. The molecule has 0 amide bonds. The average Bonchev–Trinajstić information content (AvgIpc) is 2.27. The van der Waals surface area contributed by atoms with Crippen molar-refractivity contribution in [1.82, 2.24) is 0 Å². The molecule has 0 saturated carbocycles. The Hall–Kier alpha value is -2.23. The molecule has 0 aromatic heterocycles. The maximum absolute atomic E-state index is 11.6. The predicted octanol–water partition coefficient (Wildman–Crippen LogP) is 1.58. The fourth-order valence-corrected chi connectivity index (χ4v) is 1.71. The van der Waals surface area contributed by atoms with Crippen molar-refractivity contribution in [2.75, 3.05) is 0 Å². The van der Waals surface area contributed by atoms with Gasteiger partial charge in [0.05, 0.1) is 6.42 Å². The van der Waals surface area contributed by atoms with Gasteiger partial charge in [0, 0.05) is 6.08 Å². The lowest BCUT2D eigenvalue weighted by Crippen LogP contribution is -2.29. The number of ketones is 2. The third kappa shape index (κ3) is 1.27. The van der Waals surface area contributed by atoms with E-state index in [4.69, 9.17) is 4.74 Å². The second kappa shape index (κ2) is 3.13. The third-order valence-electron chi connectivity index (χ3n) is 2.44. The Labute approximate surface area is 91.3 Å². The molecule has 0 atom stereocenters. The van der Waals surface area contributed by atoms with E-state index in [1.54, 1.807) is 12.1 Å². The molecule has 1 aromatic carbocycles. The van der Waals surface area contributed by atoms with Crippen LogP contribution in [0.4, 0.5) is 5.69 Å². The molecule has 1 aliphatic carbocycles. The molecule has 0 spiro atoms. The molecule has 78 valence electrons. The van der Waals surface area contributed by atoms with Crippen molar-refractivity contribution in [2.45, 2.75) is 6.42 Å². The van der Waals surface area contributed by atoms with E-state index in [1.807, 2.05) is 12.1 Å². The maximum Gasteiger partial charge on any atom is 0.192 e. The van der Waals surface area contributed by atoms with Crippen LogP contribution in [0.3, 0.4) is 0 Å². The zero-order chi connectivity index (χ0) is 11.1. The summed E-state index contributed by atoms with van der Waals surface area (Å²) in [4.78, 5) is 27.0. The number of nitrogens with zero attached hydrogens (tertiary/aromatic N) is 1. The van der Waals surface area contributed by atoms with Crippen molar-refractivity contribution in [1.29, 1.82) is 0 Å². The Morgan fingerprint density at radius 1 is 1.19 bits per heavy atom. The number of carbonyl (C=O) groups excluding carboxylic acids is 2. The second-order valence-electron chi connectivity index (χ2n) is 3.61. The van der Waals surface area contributed by atoms with Crippen LogP contribution in [0.25, 0.3) is 0 Å². The average molecular weight is 213 g/mol. The summed E-state index contributed by atoms with van der Waals surface area (Å²) in [5.74, 6) is 0.315. The number of aliphatic imine (C=N–C) groups is 1. The van der Waals surface area contributed by atoms with Gasteiger partial charge in [-0.25, -0.2) is 4.99 Å². The van der Waals surface area contributed by atoms with E-state index >= 15 is 0 Å². The first kappa shape index (κ1) is 9.03. The first-order valence-corrected chi connectivity index (χ1v) is 4.88. The Morgan fingerprint density at radius 3 is 2.88 bits per heavy atom. The van der Waals surface area contributed by atoms with Crippen molar-refractivity contribution in [3.8, 4) is 5.75 Å². The third-order valence-corrected chi connectivity index (χ3v) is 2.44. The molecule has 4 heteroatoms. The number of hydrogen-bond donors (Lipinski definition) is 0. The quantitative estimate of drug-likeness (QED) is 0.615. The second-order valence-corrected chi connectivity index (χ2v) is 3.61. The molecule has 1 heterocycles. The monoisotopic (exact) mass is 213 g/mol. The number of carbonyl (C=O) groups is 2. The molecule has 1 aliphatic heterocycles. The van der Waals surface area contributed by atoms with Crippen LogP contribution >= 0.6 is 0 Å². The Balaban J connectivity index is 2.19. The summed E-state index contributed by atoms with van der Waals surface area (Å²) >= 11 is 0. The standard InChI is InChI=1S/C12H7NO3/c14-7-5-9(15)12-11(6-7)16-10-4-2-1-3-8(10)13-12/h1-4,6H,5H2. The molecule has 3 rings (SSSR count). The van der Waals surface area contributed by atoms with Crippen molar-refractivity contribution in [3.05, 3.63) is 36.1 Å². The molecule has 0 saturated heterocycles. The number of rotatable bonds is 0. The van der Waals surface area contributed by atoms with E-state index in [1.165, 1.54) is 6.08 Å². The van der Waals surface area contributed by atoms with Gasteiger partial charge in [0.2, 0.25) is 0 Å². The normalized spacial score (nSPS) is 18.0. The van der Waals surface area contributed by atoms with Gasteiger partial charge in [-0.2, -0.15) is 0 Å². The fourth-order valence-electron chi connectivity index (χ4n) is 1.71. The highest BCUT2D eigenvalue weighted by atomic mass is 16.5. The first-order chi connectivity index (χ1) is 7.74. The molecule has 0 unspecified atom stereocenters. The number of ether oxygens (including phenoxy) is 1. The summed E-state index contributed by atoms with van der Waals surface area (Å²) in [6, 6.07) is 7.15. The van der Waals surface area contributed by atoms with E-state index in [9.17, 15) is 9.59 Å². The van der Waals surface area contributed by atoms with Crippen LogP contribution < -0.4 is 4.74 Å². The number of allylic oxidation sites excluding steroid dienone is 2. The van der Waals surface area contributed by atoms with Crippen LogP contribution in [0.1, 0.15) is 6.42 Å². The minimum absolute atomic E-state index is 0.117. The van der Waals surface area contributed by atoms with Gasteiger partial charge in [-0.05, 0) is 12.1 Å². The lowest BCUT2D eigenvalue weighted by atomic mass is 10.00. The van der Waals surface area contributed by atoms with Crippen LogP contribution in [0.5, 0.6) is 5.75 Å². The van der Waals surface area contributed by atoms with Gasteiger partial charge in [0.1, 0.15) is 11.4 Å². The van der Waals surface area contributed by atoms with Gasteiger partial charge >= 0.3 is 0 Å². The highest BCUT2D eigenvalue weighted by Gasteiger charge is 2.30. The lowest BCUT2D eigenvalue weighted by molar-refractivity contribution is -0.121. The molecule has 0 bridgehead atoms. The van der Waals surface area contributed by atoms with Gasteiger partial charge in [-0.3, -0.25) is 9.59 Å². The number of Topliss-reactive ketones (excluding diaryl/α,β-unsaturated/α-hetero) is 1. The summed E-state index contributed by atoms with van der Waals surface area (Å²) in [6.07, 6.45) is 1.21. The summed E-state index contributed by atoms with van der Waals surface area (Å²) in [6.45, 7) is 0. The van der Waals surface area contributed by atoms with Crippen molar-refractivity contribution >= 4 is 23.0 Å². The SMILES string of the molecule is O=C1C=C2Oc3ccccc3N=C2C(=O)C1. The van der Waals surface area contributed by atoms with Gasteiger partial charge in [0.25, 0.3) is 0 Å². The van der Waals surface area contributed by atoms with Crippen molar-refractivity contribution < 1.29 is 14.3 Å². The Morgan fingerprint density at radius 2 is 2.00 bits per heavy atom. The zero-order valence-electron chi connectivity index (χ0n) is 8.27. The minimum Gasteiger partial charge on any atom is -0.453 e. The number of fused-ring (bicyclic) bond motifs is 2. The Kier molecular flexibility index (Phi) is 1.77. The van der Waals surface area contributed by atoms with Crippen LogP contribution in [0.2, 0.25) is 0 Å². The highest BCUT2D eigenvalue weighted by Crippen LogP contribution is 2.34. The topological polar surface area (TPSA) is 55.7 Å². The first-order valence-electron chi connectivity index (χ1n) is 4.88. The zero-order valence-corrected chi connectivity index (χ0v) is 8.27. The molecular weight excluding hydrogens is 206 g/mol. The molecule has 0 fully saturated rings. The van der Waals surface area contributed by atoms with Gasteiger partial charge in [0.15, 0.2) is 23.1 Å².